The first-order valence-corrected chi connectivity index (χ1v) is 8.95. The molecule has 2 N–H and O–H groups in total. The number of nitrogens with one attached hydrogen (secondary N) is 1. The highest BCUT2D eigenvalue weighted by atomic mass is 16.3. The van der Waals surface area contributed by atoms with Crippen LogP contribution < -0.4 is 5.32 Å². The number of amides is 2. The number of hydrogen-bond donors (Lipinski definition) is 2. The van der Waals surface area contributed by atoms with Gasteiger partial charge in [-0.3, -0.25) is 9.59 Å². The first-order valence-electron chi connectivity index (χ1n) is 8.95. The van der Waals surface area contributed by atoms with Crippen molar-refractivity contribution in [1.29, 1.82) is 0 Å². The van der Waals surface area contributed by atoms with Crippen molar-refractivity contribution < 1.29 is 14.7 Å². The van der Waals surface area contributed by atoms with Gasteiger partial charge in [-0.25, -0.2) is 0 Å². The smallest absolute Gasteiger partial charge is 0.228 e. The van der Waals surface area contributed by atoms with Crippen LogP contribution in [0.3, 0.4) is 0 Å². The average molecular weight is 330 g/mol. The third-order valence-electron chi connectivity index (χ3n) is 5.25. The number of carbonyl (C=O) groups is 2. The van der Waals surface area contributed by atoms with E-state index in [9.17, 15) is 14.7 Å². The van der Waals surface area contributed by atoms with Gasteiger partial charge in [0.2, 0.25) is 11.8 Å². The first-order chi connectivity index (χ1) is 11.6. The summed E-state index contributed by atoms with van der Waals surface area (Å²) in [6.45, 7) is 3.56. The zero-order chi connectivity index (χ0) is 17.1. The van der Waals surface area contributed by atoms with Crippen molar-refractivity contribution in [2.75, 3.05) is 18.4 Å². The third kappa shape index (κ3) is 3.55. The SMILES string of the molecule is Cc1ccc(O)c(NC(=O)[C@H]2CCCC[C@@H]2C(=O)N2CCCC2)c1. The van der Waals surface area contributed by atoms with Gasteiger partial charge >= 0.3 is 0 Å². The predicted molar refractivity (Wildman–Crippen MR) is 92.7 cm³/mol. The molecule has 3 rings (SSSR count). The summed E-state index contributed by atoms with van der Waals surface area (Å²) in [5.41, 5.74) is 1.40. The van der Waals surface area contributed by atoms with E-state index in [1.54, 1.807) is 18.2 Å². The molecule has 0 unspecified atom stereocenters. The molecule has 130 valence electrons. The third-order valence-corrected chi connectivity index (χ3v) is 5.25. The van der Waals surface area contributed by atoms with Gasteiger partial charge in [0.05, 0.1) is 5.69 Å². The average Bonchev–Trinajstić information content (AvgIpc) is 3.12. The number of anilines is 1. The number of rotatable bonds is 3. The van der Waals surface area contributed by atoms with Crippen molar-refractivity contribution in [3.63, 3.8) is 0 Å². The Balaban J connectivity index is 1.73. The van der Waals surface area contributed by atoms with Crippen molar-refractivity contribution >= 4 is 17.5 Å². The zero-order valence-electron chi connectivity index (χ0n) is 14.3. The van der Waals surface area contributed by atoms with Crippen LogP contribution in [0.25, 0.3) is 0 Å². The summed E-state index contributed by atoms with van der Waals surface area (Å²) >= 11 is 0. The molecule has 1 heterocycles. The monoisotopic (exact) mass is 330 g/mol. The van der Waals surface area contributed by atoms with Crippen molar-refractivity contribution in [2.45, 2.75) is 45.4 Å². The number of likely N-dealkylation sites (tertiary alicyclic amines) is 1. The molecule has 1 aliphatic heterocycles. The van der Waals surface area contributed by atoms with Crippen molar-refractivity contribution in [1.82, 2.24) is 4.90 Å². The highest BCUT2D eigenvalue weighted by Crippen LogP contribution is 2.34. The Bertz CT molecular complexity index is 623. The molecule has 2 atom stereocenters. The molecule has 0 aromatic heterocycles. The molecule has 2 fully saturated rings. The van der Waals surface area contributed by atoms with E-state index in [4.69, 9.17) is 0 Å². The number of benzene rings is 1. The lowest BCUT2D eigenvalue weighted by Gasteiger charge is -2.32. The van der Waals surface area contributed by atoms with Crippen LogP contribution in [-0.2, 0) is 9.59 Å². The molecule has 5 nitrogen and oxygen atoms in total. The second kappa shape index (κ2) is 7.24. The normalized spacial score (nSPS) is 24.0. The first kappa shape index (κ1) is 16.8. The molecule has 1 saturated carbocycles. The number of phenols is 1. The van der Waals surface area contributed by atoms with Crippen LogP contribution in [0.1, 0.15) is 44.1 Å². The van der Waals surface area contributed by atoms with Crippen LogP contribution in [-0.4, -0.2) is 34.9 Å². The molecule has 1 aromatic rings. The molecule has 1 aromatic carbocycles. The Kier molecular flexibility index (Phi) is 5.07. The number of hydrogen-bond acceptors (Lipinski definition) is 3. The molecule has 5 heteroatoms. The fourth-order valence-electron chi connectivity index (χ4n) is 3.89. The van der Waals surface area contributed by atoms with Crippen LogP contribution in [0.4, 0.5) is 5.69 Å². The van der Waals surface area contributed by atoms with E-state index in [0.29, 0.717) is 5.69 Å². The highest BCUT2D eigenvalue weighted by Gasteiger charge is 2.38. The lowest BCUT2D eigenvalue weighted by atomic mass is 9.77. The molecule has 0 spiro atoms. The number of nitrogens with zero attached hydrogens (tertiary/aromatic N) is 1. The largest absolute Gasteiger partial charge is 0.506 e. The summed E-state index contributed by atoms with van der Waals surface area (Å²) in [5, 5.41) is 12.8. The van der Waals surface area contributed by atoms with Gasteiger partial charge in [-0.1, -0.05) is 18.9 Å². The van der Waals surface area contributed by atoms with Gasteiger partial charge in [0.15, 0.2) is 0 Å². The molecule has 1 aliphatic carbocycles. The van der Waals surface area contributed by atoms with Crippen molar-refractivity contribution in [2.24, 2.45) is 11.8 Å². The van der Waals surface area contributed by atoms with Crippen LogP contribution in [0, 0.1) is 18.8 Å². The number of aromatic hydroxyl groups is 1. The molecular formula is C19H26N2O3. The molecule has 2 aliphatic rings. The highest BCUT2D eigenvalue weighted by molar-refractivity contribution is 5.97. The second-order valence-electron chi connectivity index (χ2n) is 7.04. The van der Waals surface area contributed by atoms with Gasteiger partial charge in [0.25, 0.3) is 0 Å². The number of aryl methyl sites for hydroxylation is 1. The van der Waals surface area contributed by atoms with Crippen molar-refractivity contribution in [3.8, 4) is 5.75 Å². The second-order valence-corrected chi connectivity index (χ2v) is 7.04. The van der Waals surface area contributed by atoms with Crippen LogP contribution in [0.2, 0.25) is 0 Å². The topological polar surface area (TPSA) is 69.6 Å². The Labute approximate surface area is 143 Å². The Hall–Kier alpha value is -2.04. The Morgan fingerprint density at radius 3 is 2.46 bits per heavy atom. The van der Waals surface area contributed by atoms with E-state index in [0.717, 1.165) is 57.2 Å². The van der Waals surface area contributed by atoms with E-state index in [2.05, 4.69) is 5.32 Å². The summed E-state index contributed by atoms with van der Waals surface area (Å²) in [4.78, 5) is 27.5. The summed E-state index contributed by atoms with van der Waals surface area (Å²) in [6, 6.07) is 5.14. The van der Waals surface area contributed by atoms with Crippen molar-refractivity contribution in [3.05, 3.63) is 23.8 Å². The minimum atomic E-state index is -0.299. The van der Waals surface area contributed by atoms with Gasteiger partial charge < -0.3 is 15.3 Å². The molecule has 24 heavy (non-hydrogen) atoms. The van der Waals surface area contributed by atoms with Crippen LogP contribution in [0.5, 0.6) is 5.75 Å². The fraction of sp³-hybridized carbons (Fsp3) is 0.579. The Morgan fingerprint density at radius 2 is 1.75 bits per heavy atom. The lowest BCUT2D eigenvalue weighted by molar-refractivity contribution is -0.141. The standard InChI is InChI=1S/C19H26N2O3/c1-13-8-9-17(22)16(12-13)20-18(23)14-6-2-3-7-15(14)19(24)21-10-4-5-11-21/h8-9,12,14-15,22H,2-7,10-11H2,1H3,(H,20,23)/t14-,15-/m0/s1. The Morgan fingerprint density at radius 1 is 1.08 bits per heavy atom. The lowest BCUT2D eigenvalue weighted by Crippen LogP contribution is -2.42. The van der Waals surface area contributed by atoms with E-state index < -0.39 is 0 Å². The molecule has 0 radical (unpaired) electrons. The van der Waals surface area contributed by atoms with Gasteiger partial charge in [0.1, 0.15) is 5.75 Å². The molecule has 1 saturated heterocycles. The fourth-order valence-corrected chi connectivity index (χ4v) is 3.89. The maximum absolute atomic E-state index is 12.8. The predicted octanol–water partition coefficient (Wildman–Crippen LogP) is 3.07. The van der Waals surface area contributed by atoms with E-state index in [1.807, 2.05) is 11.8 Å². The number of carbonyl (C=O) groups excluding carboxylic acids is 2. The minimum absolute atomic E-state index is 0.0622. The van der Waals surface area contributed by atoms with E-state index >= 15 is 0 Å². The molecular weight excluding hydrogens is 304 g/mol. The van der Waals surface area contributed by atoms with Gasteiger partial charge in [-0.2, -0.15) is 0 Å². The summed E-state index contributed by atoms with van der Waals surface area (Å²) in [5.74, 6) is -0.461. The van der Waals surface area contributed by atoms with Gasteiger partial charge in [0, 0.05) is 24.9 Å². The van der Waals surface area contributed by atoms with E-state index in [-0.39, 0.29) is 29.4 Å². The minimum Gasteiger partial charge on any atom is -0.506 e. The maximum Gasteiger partial charge on any atom is 0.228 e. The van der Waals surface area contributed by atoms with E-state index in [1.165, 1.54) is 0 Å². The zero-order valence-corrected chi connectivity index (χ0v) is 14.3. The number of phenolic OH excluding ortho intramolecular Hbond substituents is 1. The van der Waals surface area contributed by atoms with Crippen LogP contribution in [0.15, 0.2) is 18.2 Å². The molecule has 2 amide bonds. The summed E-state index contributed by atoms with van der Waals surface area (Å²) in [7, 11) is 0. The molecule has 0 bridgehead atoms. The van der Waals surface area contributed by atoms with Gasteiger partial charge in [-0.05, 0) is 50.3 Å². The summed E-state index contributed by atoms with van der Waals surface area (Å²) < 4.78 is 0. The quantitative estimate of drug-likeness (QED) is 0.837. The summed E-state index contributed by atoms with van der Waals surface area (Å²) in [6.07, 6.45) is 5.63. The van der Waals surface area contributed by atoms with Crippen LogP contribution >= 0.6 is 0 Å². The van der Waals surface area contributed by atoms with Gasteiger partial charge in [-0.15, -0.1) is 0 Å². The maximum atomic E-state index is 12.8.